The van der Waals surface area contributed by atoms with Crippen molar-refractivity contribution < 1.29 is 71.7 Å². The van der Waals surface area contributed by atoms with Gasteiger partial charge in [-0.2, -0.15) is 0 Å². The van der Waals surface area contributed by atoms with Crippen molar-refractivity contribution in [3.8, 4) is 0 Å². The molecular weight excluding hydrogens is 330 g/mol. The van der Waals surface area contributed by atoms with Gasteiger partial charge in [0.15, 0.2) is 0 Å². The number of hydrogen-bond acceptors (Lipinski definition) is 6. The van der Waals surface area contributed by atoms with E-state index in [0.29, 0.717) is 0 Å². The van der Waals surface area contributed by atoms with E-state index in [9.17, 15) is 0 Å². The second kappa shape index (κ2) is 17.2. The van der Waals surface area contributed by atoms with Gasteiger partial charge in [-0.05, 0) is 0 Å². The van der Waals surface area contributed by atoms with Crippen LogP contribution in [0.1, 0.15) is 0 Å². The molecular formula is H3N3NdO9. The molecule has 0 atom stereocenters. The zero-order valence-electron chi connectivity index (χ0n) is 5.63. The SMILES string of the molecule is O=[N+]([O-])O.O=[N+]([O-])O.O=[N+]([O-])O.[Nd]. The summed E-state index contributed by atoms with van der Waals surface area (Å²) in [7, 11) is 0. The summed E-state index contributed by atoms with van der Waals surface area (Å²) in [6.07, 6.45) is 0. The Morgan fingerprint density at radius 2 is 0.692 bits per heavy atom. The van der Waals surface area contributed by atoms with Gasteiger partial charge in [-0.25, -0.2) is 0 Å². The van der Waals surface area contributed by atoms with Crippen LogP contribution in [0.3, 0.4) is 0 Å². The van der Waals surface area contributed by atoms with Gasteiger partial charge in [-0.15, -0.1) is 30.3 Å². The molecule has 0 aromatic carbocycles. The van der Waals surface area contributed by atoms with E-state index >= 15 is 0 Å². The van der Waals surface area contributed by atoms with Gasteiger partial charge in [0.1, 0.15) is 0 Å². The first-order valence-electron chi connectivity index (χ1n) is 1.70. The second-order valence-corrected chi connectivity index (χ2v) is 0.714. The van der Waals surface area contributed by atoms with Gasteiger partial charge in [0.05, 0.1) is 0 Å². The van der Waals surface area contributed by atoms with Crippen LogP contribution in [0.5, 0.6) is 0 Å². The molecule has 0 spiro atoms. The summed E-state index contributed by atoms with van der Waals surface area (Å²) in [5.41, 5.74) is 0. The molecule has 0 saturated heterocycles. The summed E-state index contributed by atoms with van der Waals surface area (Å²) in [6.45, 7) is 0. The van der Waals surface area contributed by atoms with Crippen LogP contribution in [0, 0.1) is 71.2 Å². The average molecular weight is 333 g/mol. The van der Waals surface area contributed by atoms with Crippen molar-refractivity contribution in [2.75, 3.05) is 0 Å². The molecule has 3 N–H and O–H groups in total. The van der Waals surface area contributed by atoms with Gasteiger partial charge >= 0.3 is 0 Å². The predicted octanol–water partition coefficient (Wildman–Crippen LogP) is -1.04. The number of nitrogens with zero attached hydrogens (tertiary/aromatic N) is 3. The van der Waals surface area contributed by atoms with Crippen molar-refractivity contribution in [3.63, 3.8) is 0 Å². The molecule has 0 radical (unpaired) electrons. The maximum atomic E-state index is 8.36. The Labute approximate surface area is 102 Å². The molecule has 0 aromatic heterocycles. The van der Waals surface area contributed by atoms with E-state index < -0.39 is 15.3 Å². The zero-order valence-corrected chi connectivity index (χ0v) is 8.84. The normalized spacial score (nSPS) is 5.54. The maximum Gasteiger partial charge on any atom is 0.291 e. The third-order valence-electron chi connectivity index (χ3n) is 0. The van der Waals surface area contributed by atoms with Gasteiger partial charge in [0.2, 0.25) is 0 Å². The van der Waals surface area contributed by atoms with Gasteiger partial charge in [-0.3, -0.25) is 0 Å². The van der Waals surface area contributed by atoms with Crippen LogP contribution in [0.15, 0.2) is 0 Å². The second-order valence-electron chi connectivity index (χ2n) is 0.714. The van der Waals surface area contributed by atoms with E-state index in [0.717, 1.165) is 0 Å². The van der Waals surface area contributed by atoms with Crippen molar-refractivity contribution in [1.82, 2.24) is 0 Å². The topological polar surface area (TPSA) is 190 Å². The Morgan fingerprint density at radius 1 is 0.692 bits per heavy atom. The van der Waals surface area contributed by atoms with E-state index in [2.05, 4.69) is 0 Å². The van der Waals surface area contributed by atoms with E-state index in [1.54, 1.807) is 0 Å². The molecule has 0 bridgehead atoms. The van der Waals surface area contributed by atoms with Gasteiger partial charge in [0.25, 0.3) is 15.3 Å². The van der Waals surface area contributed by atoms with Crippen molar-refractivity contribution in [2.45, 2.75) is 0 Å². The minimum Gasteiger partial charge on any atom is -0.328 e. The van der Waals surface area contributed by atoms with E-state index in [4.69, 9.17) is 46.0 Å². The maximum absolute atomic E-state index is 8.36. The van der Waals surface area contributed by atoms with E-state index in [-0.39, 0.29) is 40.8 Å². The van der Waals surface area contributed by atoms with Crippen molar-refractivity contribution in [3.05, 3.63) is 30.3 Å². The molecule has 0 unspecified atom stereocenters. The Balaban J connectivity index is -0.0000000450. The predicted molar refractivity (Wildman–Crippen MR) is 26.3 cm³/mol. The molecule has 0 heterocycles. The minimum atomic E-state index is -1.50. The van der Waals surface area contributed by atoms with Crippen molar-refractivity contribution in [2.24, 2.45) is 0 Å². The van der Waals surface area contributed by atoms with Crippen LogP contribution < -0.4 is 0 Å². The molecule has 0 rings (SSSR count). The fourth-order valence-electron chi connectivity index (χ4n) is 0. The largest absolute Gasteiger partial charge is 0.328 e. The minimum absolute atomic E-state index is 0. The molecule has 0 aromatic rings. The molecule has 0 fully saturated rings. The third-order valence-corrected chi connectivity index (χ3v) is 0. The average Bonchev–Trinajstić information content (AvgIpc) is 1.54. The first kappa shape index (κ1) is 22.7. The van der Waals surface area contributed by atoms with E-state index in [1.165, 1.54) is 0 Å². The molecule has 13 heteroatoms. The van der Waals surface area contributed by atoms with Crippen LogP contribution in [0.2, 0.25) is 0 Å². The van der Waals surface area contributed by atoms with Crippen LogP contribution >= 0.6 is 0 Å². The summed E-state index contributed by atoms with van der Waals surface area (Å²) >= 11 is 0. The van der Waals surface area contributed by atoms with Crippen LogP contribution in [0.25, 0.3) is 0 Å². The van der Waals surface area contributed by atoms with Crippen molar-refractivity contribution >= 4 is 0 Å². The summed E-state index contributed by atoms with van der Waals surface area (Å²) in [5.74, 6) is 0. The standard InChI is InChI=1S/3HNO3.Nd/c3*2-1(3)4;/h3*(H,2,3,4);. The first-order valence-corrected chi connectivity index (χ1v) is 1.70. The summed E-state index contributed by atoms with van der Waals surface area (Å²) in [5, 5.41) is 40.9. The molecule has 0 saturated carbocycles. The fraction of sp³-hybridized carbons (Fsp3) is 0. The van der Waals surface area contributed by atoms with Gasteiger partial charge in [0, 0.05) is 40.8 Å². The Hall–Kier alpha value is -1.05. The number of rotatable bonds is 0. The molecule has 12 nitrogen and oxygen atoms in total. The summed E-state index contributed by atoms with van der Waals surface area (Å²) in [4.78, 5) is 25.1. The summed E-state index contributed by atoms with van der Waals surface area (Å²) < 4.78 is 0. The first-order chi connectivity index (χ1) is 5.20. The zero-order chi connectivity index (χ0) is 10.7. The third kappa shape index (κ3) is 797. The fourth-order valence-corrected chi connectivity index (χ4v) is 0. The van der Waals surface area contributed by atoms with Gasteiger partial charge < -0.3 is 15.6 Å². The van der Waals surface area contributed by atoms with Crippen LogP contribution in [-0.2, 0) is 0 Å². The smallest absolute Gasteiger partial charge is 0.291 e. The van der Waals surface area contributed by atoms with Gasteiger partial charge in [-0.1, -0.05) is 0 Å². The van der Waals surface area contributed by atoms with E-state index in [1.807, 2.05) is 0 Å². The summed E-state index contributed by atoms with van der Waals surface area (Å²) in [6, 6.07) is 0. The number of hydrogen-bond donors (Lipinski definition) is 3. The molecule has 0 aliphatic rings. The Bertz CT molecular complexity index is 112. The van der Waals surface area contributed by atoms with Crippen molar-refractivity contribution in [1.29, 1.82) is 0 Å². The molecule has 13 heavy (non-hydrogen) atoms. The molecule has 76 valence electrons. The monoisotopic (exact) mass is 331 g/mol. The molecule has 0 aliphatic heterocycles. The van der Waals surface area contributed by atoms with Crippen LogP contribution in [-0.4, -0.2) is 30.9 Å². The Morgan fingerprint density at radius 3 is 0.692 bits per heavy atom. The van der Waals surface area contributed by atoms with Crippen LogP contribution in [0.4, 0.5) is 0 Å². The quantitative estimate of drug-likeness (QED) is 0.367. The molecule has 0 amide bonds. The Kier molecular flexibility index (Phi) is 29.9. The molecule has 0 aliphatic carbocycles.